The van der Waals surface area contributed by atoms with Gasteiger partial charge in [-0.1, -0.05) is 85.4 Å². The Bertz CT molecular complexity index is 1980. The van der Waals surface area contributed by atoms with E-state index in [1.165, 1.54) is 0 Å². The third-order valence-electron chi connectivity index (χ3n) is 13.2. The highest BCUT2D eigenvalue weighted by Crippen LogP contribution is 2.57. The third-order valence-corrected chi connectivity index (χ3v) is 13.2. The second-order valence-electron chi connectivity index (χ2n) is 16.3. The molecule has 0 saturated carbocycles. The third kappa shape index (κ3) is 6.23. The van der Waals surface area contributed by atoms with Gasteiger partial charge in [-0.25, -0.2) is 0 Å². The Balaban J connectivity index is 1.38. The van der Waals surface area contributed by atoms with Crippen LogP contribution in [0, 0.1) is 46.8 Å². The number of allylic oxidation sites excluding steroid dienone is 6. The maximum atomic E-state index is 15.9. The standard InChI is InChI=1S/C45H54N2O7/c1-6-7-8-14-28-23-54-42(40(28)50)31-16-12-17-32-36(31)41(51)38(48)25(3)20-24(2)13-11-18-33-39(49)27(5)26(4)37-35(47-44(53)45(33,37)43(32)52)21-29-22-46-34-19-10-9-15-30(29)34/h6-12,14-16,18-20,22,24,28,31-33,35-40,42,46,48-50H,13,17,21,23H2,1-5H3,(H,47,53)/t24-,28+,31+,32-,33-,35-,36-,37-,38+,39+,40-,42+,45-/m0/s1. The highest BCUT2D eigenvalue weighted by Gasteiger charge is 2.69. The van der Waals surface area contributed by atoms with Crippen molar-refractivity contribution in [2.75, 3.05) is 6.61 Å². The van der Waals surface area contributed by atoms with Gasteiger partial charge in [-0.3, -0.25) is 14.4 Å². The summed E-state index contributed by atoms with van der Waals surface area (Å²) >= 11 is 0. The van der Waals surface area contributed by atoms with Crippen molar-refractivity contribution in [3.8, 4) is 0 Å². The van der Waals surface area contributed by atoms with Crippen LogP contribution < -0.4 is 5.32 Å². The fraction of sp³-hybridized carbons (Fsp3) is 0.489. The first-order valence-electron chi connectivity index (χ1n) is 19.5. The second-order valence-corrected chi connectivity index (χ2v) is 16.3. The molecule has 0 bridgehead atoms. The molecule has 2 saturated heterocycles. The number of aromatic amines is 1. The number of fused-ring (bicyclic) bond motifs is 2. The van der Waals surface area contributed by atoms with E-state index in [0.29, 0.717) is 18.4 Å². The molecule has 7 rings (SSSR count). The molecule has 2 aromatic rings. The van der Waals surface area contributed by atoms with Crippen LogP contribution in [0.2, 0.25) is 0 Å². The molecule has 54 heavy (non-hydrogen) atoms. The average molecular weight is 735 g/mol. The molecule has 3 heterocycles. The molecule has 1 aromatic carbocycles. The van der Waals surface area contributed by atoms with Crippen LogP contribution in [-0.2, 0) is 25.5 Å². The monoisotopic (exact) mass is 734 g/mol. The van der Waals surface area contributed by atoms with Crippen molar-refractivity contribution in [2.24, 2.45) is 46.8 Å². The van der Waals surface area contributed by atoms with Gasteiger partial charge in [0.05, 0.1) is 24.9 Å². The number of hydrogen-bond donors (Lipinski definition) is 5. The van der Waals surface area contributed by atoms with E-state index in [1.54, 1.807) is 6.92 Å². The number of carbonyl (C=O) groups excluding carboxylic acids is 3. The molecule has 286 valence electrons. The van der Waals surface area contributed by atoms with Crippen LogP contribution in [0.3, 0.4) is 0 Å². The molecule has 2 fully saturated rings. The highest BCUT2D eigenvalue weighted by atomic mass is 16.5. The van der Waals surface area contributed by atoms with Gasteiger partial charge in [0, 0.05) is 58.6 Å². The lowest BCUT2D eigenvalue weighted by Crippen LogP contribution is -2.59. The number of Topliss-reactive ketones (excluding diaryl/α,β-unsaturated/α-hetero) is 2. The summed E-state index contributed by atoms with van der Waals surface area (Å²) in [6.45, 7) is 9.64. The number of hydrogen-bond acceptors (Lipinski definition) is 7. The van der Waals surface area contributed by atoms with Gasteiger partial charge in [0.2, 0.25) is 5.91 Å². The van der Waals surface area contributed by atoms with E-state index in [2.05, 4.69) is 10.3 Å². The molecule has 0 unspecified atom stereocenters. The summed E-state index contributed by atoms with van der Waals surface area (Å²) in [5, 5.41) is 39.7. The average Bonchev–Trinajstić information content (AvgIpc) is 3.83. The number of aromatic nitrogens is 1. The molecule has 5 aliphatic rings. The van der Waals surface area contributed by atoms with E-state index in [-0.39, 0.29) is 24.9 Å². The van der Waals surface area contributed by atoms with Gasteiger partial charge in [0.1, 0.15) is 11.5 Å². The summed E-state index contributed by atoms with van der Waals surface area (Å²) in [7, 11) is 0. The Labute approximate surface area is 317 Å². The number of para-hydroxylation sites is 1. The summed E-state index contributed by atoms with van der Waals surface area (Å²) in [6.07, 6.45) is 15.5. The van der Waals surface area contributed by atoms with Crippen molar-refractivity contribution in [3.63, 3.8) is 0 Å². The molecule has 1 aromatic heterocycles. The minimum atomic E-state index is -1.74. The number of amides is 1. The van der Waals surface area contributed by atoms with Crippen LogP contribution >= 0.6 is 0 Å². The minimum absolute atomic E-state index is 0.0828. The van der Waals surface area contributed by atoms with Crippen LogP contribution in [0.1, 0.15) is 53.0 Å². The quantitative estimate of drug-likeness (QED) is 0.155. The first-order valence-corrected chi connectivity index (χ1v) is 19.5. The second kappa shape index (κ2) is 15.2. The first kappa shape index (κ1) is 38.1. The summed E-state index contributed by atoms with van der Waals surface area (Å²) in [4.78, 5) is 49.1. The predicted octanol–water partition coefficient (Wildman–Crippen LogP) is 5.50. The van der Waals surface area contributed by atoms with Crippen LogP contribution in [0.5, 0.6) is 0 Å². The van der Waals surface area contributed by atoms with Crippen LogP contribution in [-0.4, -0.2) is 74.8 Å². The van der Waals surface area contributed by atoms with Crippen molar-refractivity contribution < 1.29 is 34.4 Å². The van der Waals surface area contributed by atoms with Crippen molar-refractivity contribution in [1.29, 1.82) is 0 Å². The molecule has 5 N–H and O–H groups in total. The van der Waals surface area contributed by atoms with E-state index < -0.39 is 82.9 Å². The number of ketones is 2. The fourth-order valence-corrected chi connectivity index (χ4v) is 10.4. The topological polar surface area (TPSA) is 149 Å². The van der Waals surface area contributed by atoms with Crippen LogP contribution in [0.15, 0.2) is 102 Å². The van der Waals surface area contributed by atoms with Gasteiger partial charge in [-0.2, -0.15) is 0 Å². The van der Waals surface area contributed by atoms with Gasteiger partial charge in [-0.05, 0) is 75.7 Å². The highest BCUT2D eigenvalue weighted by molar-refractivity contribution is 6.12. The van der Waals surface area contributed by atoms with Gasteiger partial charge >= 0.3 is 0 Å². The number of benzene rings is 1. The number of nitrogens with one attached hydrogen (secondary N) is 2. The molecule has 13 atom stereocenters. The summed E-state index contributed by atoms with van der Waals surface area (Å²) < 4.78 is 6.25. The zero-order valence-corrected chi connectivity index (χ0v) is 31.8. The molecule has 9 nitrogen and oxygen atoms in total. The molecule has 1 spiro atoms. The van der Waals surface area contributed by atoms with Gasteiger partial charge in [-0.15, -0.1) is 0 Å². The lowest BCUT2D eigenvalue weighted by atomic mass is 9.51. The number of carbonyl (C=O) groups is 3. The predicted molar refractivity (Wildman–Crippen MR) is 208 cm³/mol. The zero-order valence-electron chi connectivity index (χ0n) is 31.8. The molecule has 0 radical (unpaired) electrons. The lowest BCUT2D eigenvalue weighted by Gasteiger charge is -2.49. The zero-order chi connectivity index (χ0) is 38.5. The molecule has 2 aliphatic heterocycles. The van der Waals surface area contributed by atoms with E-state index in [0.717, 1.165) is 27.6 Å². The molecular formula is C45H54N2O7. The SMILES string of the molecule is CC=CC=C[C@@H]1CO[C@H]([C@@H]2C=CC[C@@H]3C(=O)[C@@]45C(=O)N[C@@H](Cc6c[nH]c7ccccc67)[C@@H]4C(C)=C(C)[C@@H](O)[C@@H]5C=CC[C@H](C)C=C(C)[C@@H](O)C(=O)[C@@H]23)[C@H]1O. The number of ether oxygens (including phenoxy) is 1. The Morgan fingerprint density at radius 3 is 2.52 bits per heavy atom. The fourth-order valence-electron chi connectivity index (χ4n) is 10.4. The van der Waals surface area contributed by atoms with Gasteiger partial charge < -0.3 is 30.4 Å². The number of aliphatic hydroxyl groups excluding tert-OH is 3. The maximum absolute atomic E-state index is 15.9. The van der Waals surface area contributed by atoms with Crippen molar-refractivity contribution in [3.05, 3.63) is 107 Å². The van der Waals surface area contributed by atoms with Crippen molar-refractivity contribution in [2.45, 2.75) is 84.3 Å². The number of rotatable bonds is 5. The smallest absolute Gasteiger partial charge is 0.235 e. The molecular weight excluding hydrogens is 681 g/mol. The molecule has 3 aliphatic carbocycles. The summed E-state index contributed by atoms with van der Waals surface area (Å²) in [5.74, 6) is -6.21. The first-order chi connectivity index (χ1) is 25.9. The van der Waals surface area contributed by atoms with Crippen LogP contribution in [0.25, 0.3) is 10.9 Å². The largest absolute Gasteiger partial charge is 0.390 e. The number of H-pyrrole nitrogens is 1. The Morgan fingerprint density at radius 1 is 0.981 bits per heavy atom. The molecule has 1 amide bonds. The summed E-state index contributed by atoms with van der Waals surface area (Å²) in [6, 6.07) is 7.50. The Kier molecular flexibility index (Phi) is 10.7. The Morgan fingerprint density at radius 2 is 1.74 bits per heavy atom. The van der Waals surface area contributed by atoms with Crippen molar-refractivity contribution >= 4 is 28.4 Å². The number of aliphatic hydroxyl groups is 3. The van der Waals surface area contributed by atoms with Gasteiger partial charge in [0.25, 0.3) is 0 Å². The maximum Gasteiger partial charge on any atom is 0.235 e. The summed E-state index contributed by atoms with van der Waals surface area (Å²) in [5.41, 5.74) is 2.24. The minimum Gasteiger partial charge on any atom is -0.390 e. The van der Waals surface area contributed by atoms with E-state index in [9.17, 15) is 20.1 Å². The molecule has 9 heteroatoms. The van der Waals surface area contributed by atoms with E-state index in [1.807, 2.05) is 113 Å². The Hall–Kier alpha value is -4.15. The van der Waals surface area contributed by atoms with Crippen molar-refractivity contribution in [1.82, 2.24) is 10.3 Å². The normalized spacial score (nSPS) is 39.0. The van der Waals surface area contributed by atoms with E-state index >= 15 is 9.59 Å². The van der Waals surface area contributed by atoms with E-state index in [4.69, 9.17) is 4.74 Å². The lowest BCUT2D eigenvalue weighted by molar-refractivity contribution is -0.156. The van der Waals surface area contributed by atoms with Crippen LogP contribution in [0.4, 0.5) is 0 Å². The van der Waals surface area contributed by atoms with Gasteiger partial charge in [0.15, 0.2) is 11.6 Å².